The molecule has 0 radical (unpaired) electrons. The fraction of sp³-hybridized carbons (Fsp3) is 0.778. The predicted octanol–water partition coefficient (Wildman–Crippen LogP) is 3.39. The maximum atomic E-state index is 2.31. The summed E-state index contributed by atoms with van der Waals surface area (Å²) in [7, 11) is 0. The minimum atomic E-state index is 0.775. The number of rotatable bonds is 4. The molecular weight excluding hydrogens is 108 g/mol. The van der Waals surface area contributed by atoms with E-state index in [1.54, 1.807) is 0 Å². The van der Waals surface area contributed by atoms with Crippen LogP contribution in [-0.4, -0.2) is 0 Å². The van der Waals surface area contributed by atoms with Crippen molar-refractivity contribution in [2.24, 2.45) is 5.92 Å². The summed E-state index contributed by atoms with van der Waals surface area (Å²) in [6.07, 6.45) is 8.37. The Bertz CT molecular complexity index is 72.1. The van der Waals surface area contributed by atoms with E-state index in [1.165, 1.54) is 19.3 Å². The average molecular weight is 126 g/mol. The third-order valence-corrected chi connectivity index (χ3v) is 1.56. The molecule has 0 N–H and O–H groups in total. The van der Waals surface area contributed by atoms with Crippen molar-refractivity contribution in [3.63, 3.8) is 0 Å². The fourth-order valence-electron chi connectivity index (χ4n) is 0.631. The molecule has 0 aliphatic carbocycles. The van der Waals surface area contributed by atoms with Crippen LogP contribution in [0.15, 0.2) is 12.2 Å². The molecule has 9 heavy (non-hydrogen) atoms. The first-order valence-corrected chi connectivity index (χ1v) is 3.97. The van der Waals surface area contributed by atoms with Crippen molar-refractivity contribution in [1.82, 2.24) is 0 Å². The van der Waals surface area contributed by atoms with Gasteiger partial charge in [0.25, 0.3) is 0 Å². The van der Waals surface area contributed by atoms with Crippen LogP contribution in [0.5, 0.6) is 0 Å². The van der Waals surface area contributed by atoms with E-state index in [2.05, 4.69) is 32.9 Å². The molecule has 0 spiro atoms. The Morgan fingerprint density at radius 1 is 1.33 bits per heavy atom. The van der Waals surface area contributed by atoms with Crippen molar-refractivity contribution in [3.05, 3.63) is 12.2 Å². The Kier molecular flexibility index (Phi) is 5.70. The van der Waals surface area contributed by atoms with E-state index in [0.29, 0.717) is 0 Å². The van der Waals surface area contributed by atoms with Crippen LogP contribution in [0, 0.1) is 5.92 Å². The minimum absolute atomic E-state index is 0.775. The Labute approximate surface area is 59.0 Å². The summed E-state index contributed by atoms with van der Waals surface area (Å²) in [5.41, 5.74) is 0. The second-order valence-electron chi connectivity index (χ2n) is 2.60. The van der Waals surface area contributed by atoms with Gasteiger partial charge < -0.3 is 0 Å². The normalized spacial score (nSPS) is 14.6. The van der Waals surface area contributed by atoms with Crippen LogP contribution in [-0.2, 0) is 0 Å². The molecule has 54 valence electrons. The van der Waals surface area contributed by atoms with Crippen LogP contribution in [0.25, 0.3) is 0 Å². The summed E-state index contributed by atoms with van der Waals surface area (Å²) < 4.78 is 0. The van der Waals surface area contributed by atoms with Gasteiger partial charge in [-0.1, -0.05) is 45.8 Å². The lowest BCUT2D eigenvalue weighted by molar-refractivity contribution is 0.694. The number of unbranched alkanes of at least 4 members (excludes halogenated alkanes) is 1. The highest BCUT2D eigenvalue weighted by Gasteiger charge is 1.87. The number of allylic oxidation sites excluding steroid dienone is 2. The van der Waals surface area contributed by atoms with Crippen LogP contribution in [0.4, 0.5) is 0 Å². The molecule has 0 rings (SSSR count). The van der Waals surface area contributed by atoms with Gasteiger partial charge in [0.05, 0.1) is 0 Å². The lowest BCUT2D eigenvalue weighted by Gasteiger charge is -1.97. The van der Waals surface area contributed by atoms with Gasteiger partial charge in [-0.25, -0.2) is 0 Å². The van der Waals surface area contributed by atoms with E-state index >= 15 is 0 Å². The van der Waals surface area contributed by atoms with E-state index in [0.717, 1.165) is 5.92 Å². The van der Waals surface area contributed by atoms with Gasteiger partial charge in [0.2, 0.25) is 0 Å². The lowest BCUT2D eigenvalue weighted by atomic mass is 10.1. The van der Waals surface area contributed by atoms with Crippen molar-refractivity contribution in [1.29, 1.82) is 0 Å². The van der Waals surface area contributed by atoms with Crippen LogP contribution >= 0.6 is 0 Å². The molecule has 0 heterocycles. The van der Waals surface area contributed by atoms with Crippen molar-refractivity contribution in [2.75, 3.05) is 0 Å². The largest absolute Gasteiger partial charge is 0.0883 e. The van der Waals surface area contributed by atoms with Gasteiger partial charge in [0, 0.05) is 0 Å². The summed E-state index contributed by atoms with van der Waals surface area (Å²) in [6, 6.07) is 0. The number of hydrogen-bond acceptors (Lipinski definition) is 0. The smallest absolute Gasteiger partial charge is 0.0265 e. The van der Waals surface area contributed by atoms with Crippen molar-refractivity contribution in [3.8, 4) is 0 Å². The van der Waals surface area contributed by atoms with Gasteiger partial charge in [-0.15, -0.1) is 0 Å². The Hall–Kier alpha value is -0.260. The minimum Gasteiger partial charge on any atom is -0.0883 e. The molecule has 0 heteroatoms. The van der Waals surface area contributed by atoms with Gasteiger partial charge in [-0.3, -0.25) is 0 Å². The topological polar surface area (TPSA) is 0 Å². The third kappa shape index (κ3) is 5.61. The van der Waals surface area contributed by atoms with E-state index in [1.807, 2.05) is 0 Å². The van der Waals surface area contributed by atoms with Gasteiger partial charge in [-0.05, 0) is 12.3 Å². The second kappa shape index (κ2) is 5.87. The van der Waals surface area contributed by atoms with Crippen LogP contribution in [0.1, 0.15) is 40.0 Å². The summed E-state index contributed by atoms with van der Waals surface area (Å²) in [6.45, 7) is 6.69. The molecule has 0 nitrogen and oxygen atoms in total. The highest BCUT2D eigenvalue weighted by atomic mass is 13.9. The number of hydrogen-bond donors (Lipinski definition) is 0. The van der Waals surface area contributed by atoms with Crippen molar-refractivity contribution >= 4 is 0 Å². The SMILES string of the molecule is CCC/C=C\C(C)CC. The summed E-state index contributed by atoms with van der Waals surface area (Å²) >= 11 is 0. The molecule has 1 unspecified atom stereocenters. The highest BCUT2D eigenvalue weighted by Crippen LogP contribution is 2.02. The van der Waals surface area contributed by atoms with E-state index in [9.17, 15) is 0 Å². The Morgan fingerprint density at radius 2 is 2.00 bits per heavy atom. The first-order valence-electron chi connectivity index (χ1n) is 3.97. The zero-order valence-electron chi connectivity index (χ0n) is 6.85. The average Bonchev–Trinajstić information content (AvgIpc) is 1.89. The molecule has 1 atom stereocenters. The molecule has 0 aromatic rings. The quantitative estimate of drug-likeness (QED) is 0.506. The van der Waals surface area contributed by atoms with E-state index in [4.69, 9.17) is 0 Å². The molecule has 0 saturated heterocycles. The zero-order chi connectivity index (χ0) is 7.11. The maximum Gasteiger partial charge on any atom is -0.0265 e. The summed E-state index contributed by atoms with van der Waals surface area (Å²) in [5, 5.41) is 0. The summed E-state index contributed by atoms with van der Waals surface area (Å²) in [4.78, 5) is 0. The first-order chi connectivity index (χ1) is 4.31. The molecular formula is C9H18. The maximum absolute atomic E-state index is 2.31. The Balaban J connectivity index is 3.20. The molecule has 0 aromatic carbocycles. The van der Waals surface area contributed by atoms with Gasteiger partial charge >= 0.3 is 0 Å². The van der Waals surface area contributed by atoms with Gasteiger partial charge in [-0.2, -0.15) is 0 Å². The lowest BCUT2D eigenvalue weighted by Crippen LogP contribution is -1.83. The van der Waals surface area contributed by atoms with Crippen LogP contribution in [0.2, 0.25) is 0 Å². The molecule has 0 aliphatic rings. The molecule has 0 aromatic heterocycles. The molecule has 0 saturated carbocycles. The second-order valence-corrected chi connectivity index (χ2v) is 2.60. The highest BCUT2D eigenvalue weighted by molar-refractivity contribution is 4.85. The molecule has 0 aliphatic heterocycles. The predicted molar refractivity (Wildman–Crippen MR) is 43.5 cm³/mol. The van der Waals surface area contributed by atoms with Crippen molar-refractivity contribution < 1.29 is 0 Å². The van der Waals surface area contributed by atoms with Crippen LogP contribution < -0.4 is 0 Å². The van der Waals surface area contributed by atoms with Crippen molar-refractivity contribution in [2.45, 2.75) is 40.0 Å². The standard InChI is InChI=1S/C9H18/c1-4-6-7-8-9(3)5-2/h7-9H,4-6H2,1-3H3/b8-7-. The Morgan fingerprint density at radius 3 is 2.44 bits per heavy atom. The molecule has 0 amide bonds. The first kappa shape index (κ1) is 8.74. The van der Waals surface area contributed by atoms with E-state index < -0.39 is 0 Å². The third-order valence-electron chi connectivity index (χ3n) is 1.56. The monoisotopic (exact) mass is 126 g/mol. The summed E-state index contributed by atoms with van der Waals surface area (Å²) in [5.74, 6) is 0.775. The fourth-order valence-corrected chi connectivity index (χ4v) is 0.631. The van der Waals surface area contributed by atoms with Crippen LogP contribution in [0.3, 0.4) is 0 Å². The molecule has 0 bridgehead atoms. The van der Waals surface area contributed by atoms with Gasteiger partial charge in [0.15, 0.2) is 0 Å². The van der Waals surface area contributed by atoms with Gasteiger partial charge in [0.1, 0.15) is 0 Å². The zero-order valence-corrected chi connectivity index (χ0v) is 6.85. The molecule has 0 fully saturated rings. The van der Waals surface area contributed by atoms with E-state index in [-0.39, 0.29) is 0 Å².